The first kappa shape index (κ1) is 15.9. The minimum atomic E-state index is -0.929. The Kier molecular flexibility index (Phi) is 4.90. The first-order chi connectivity index (χ1) is 10.00. The van der Waals surface area contributed by atoms with Crippen molar-refractivity contribution in [3.63, 3.8) is 0 Å². The third-order valence-electron chi connectivity index (χ3n) is 4.00. The Morgan fingerprint density at radius 3 is 2.43 bits per heavy atom. The number of ether oxygens (including phenoxy) is 1. The summed E-state index contributed by atoms with van der Waals surface area (Å²) in [6.45, 7) is 2.90. The molecule has 2 N–H and O–H groups in total. The Labute approximate surface area is 122 Å². The highest BCUT2D eigenvalue weighted by Crippen LogP contribution is 2.26. The van der Waals surface area contributed by atoms with E-state index in [-0.39, 0.29) is 11.5 Å². The van der Waals surface area contributed by atoms with E-state index in [1.165, 1.54) is 25.3 Å². The molecule has 0 radical (unpaired) electrons. The van der Waals surface area contributed by atoms with E-state index in [1.54, 1.807) is 6.92 Å². The Morgan fingerprint density at radius 1 is 1.33 bits per heavy atom. The van der Waals surface area contributed by atoms with Crippen LogP contribution >= 0.6 is 0 Å². The van der Waals surface area contributed by atoms with E-state index in [4.69, 9.17) is 4.74 Å². The van der Waals surface area contributed by atoms with Gasteiger partial charge in [0, 0.05) is 12.7 Å². The number of hydrogen-bond donors (Lipinski definition) is 2. The second kappa shape index (κ2) is 6.49. The summed E-state index contributed by atoms with van der Waals surface area (Å²) >= 11 is 0. The third kappa shape index (κ3) is 3.22. The zero-order valence-corrected chi connectivity index (χ0v) is 12.2. The number of hydrogen-bond acceptors (Lipinski definition) is 3. The summed E-state index contributed by atoms with van der Waals surface area (Å²) in [6, 6.07) is 2.89. The molecule has 0 saturated carbocycles. The molecule has 1 aromatic carbocycles. The number of rotatable bonds is 4. The topological polar surface area (TPSA) is 50.4 Å². The first-order valence-electron chi connectivity index (χ1n) is 7.01. The molecule has 0 spiro atoms. The van der Waals surface area contributed by atoms with Crippen LogP contribution in [-0.2, 0) is 9.53 Å². The lowest BCUT2D eigenvalue weighted by molar-refractivity contribution is -0.147. The molecule has 2 rings (SSSR count). The van der Waals surface area contributed by atoms with Crippen molar-refractivity contribution < 1.29 is 18.3 Å². The minimum Gasteiger partial charge on any atom is -0.368 e. The molecule has 1 fully saturated rings. The third-order valence-corrected chi connectivity index (χ3v) is 4.00. The van der Waals surface area contributed by atoms with Crippen molar-refractivity contribution in [2.24, 2.45) is 0 Å². The van der Waals surface area contributed by atoms with E-state index in [1.807, 2.05) is 0 Å². The van der Waals surface area contributed by atoms with Gasteiger partial charge in [-0.2, -0.15) is 0 Å². The fraction of sp³-hybridized carbons (Fsp3) is 0.533. The number of amides is 1. The van der Waals surface area contributed by atoms with E-state index < -0.39 is 23.3 Å². The lowest BCUT2D eigenvalue weighted by atomic mass is 9.90. The number of halogens is 2. The van der Waals surface area contributed by atoms with Gasteiger partial charge < -0.3 is 15.4 Å². The Bertz CT molecular complexity index is 496. The zero-order valence-electron chi connectivity index (χ0n) is 12.2. The van der Waals surface area contributed by atoms with Crippen LogP contribution in [0.1, 0.15) is 31.4 Å². The van der Waals surface area contributed by atoms with Crippen LogP contribution in [0.3, 0.4) is 0 Å². The van der Waals surface area contributed by atoms with E-state index in [9.17, 15) is 13.6 Å². The number of carbonyl (C=O) groups excluding carboxylic acids is 1. The van der Waals surface area contributed by atoms with Crippen LogP contribution in [0.4, 0.5) is 8.78 Å². The second-order valence-corrected chi connectivity index (χ2v) is 5.28. The van der Waals surface area contributed by atoms with Crippen molar-refractivity contribution in [3.8, 4) is 0 Å². The molecule has 21 heavy (non-hydrogen) atoms. The molecule has 1 aromatic rings. The molecule has 6 heteroatoms. The first-order valence-corrected chi connectivity index (χ1v) is 7.01. The maximum Gasteiger partial charge on any atom is 0.252 e. The number of carbonyl (C=O) groups is 1. The van der Waals surface area contributed by atoms with Gasteiger partial charge in [-0.05, 0) is 45.0 Å². The van der Waals surface area contributed by atoms with E-state index in [0.717, 1.165) is 0 Å². The lowest BCUT2D eigenvalue weighted by Crippen LogP contribution is -2.54. The Balaban J connectivity index is 2.15. The van der Waals surface area contributed by atoms with E-state index in [2.05, 4.69) is 10.6 Å². The van der Waals surface area contributed by atoms with Crippen molar-refractivity contribution >= 4 is 5.91 Å². The van der Waals surface area contributed by atoms with Gasteiger partial charge in [0.2, 0.25) is 0 Å². The Morgan fingerprint density at radius 2 is 1.90 bits per heavy atom. The highest BCUT2D eigenvalue weighted by molar-refractivity contribution is 5.85. The van der Waals surface area contributed by atoms with Gasteiger partial charge in [-0.3, -0.25) is 4.79 Å². The maximum atomic E-state index is 13.7. The number of methoxy groups -OCH3 is 1. The van der Waals surface area contributed by atoms with Gasteiger partial charge in [0.15, 0.2) is 0 Å². The predicted octanol–water partition coefficient (Wildman–Crippen LogP) is 1.91. The standard InChI is InChI=1S/C15H20F2N2O2/c1-10(13-11(16)4-3-5-12(13)17)19-14(20)15(21-2)6-8-18-9-7-15/h3-5,10,18H,6-9H2,1-2H3,(H,19,20). The van der Waals surface area contributed by atoms with Crippen LogP contribution in [0, 0.1) is 11.6 Å². The van der Waals surface area contributed by atoms with Gasteiger partial charge in [-0.1, -0.05) is 6.07 Å². The van der Waals surface area contributed by atoms with Gasteiger partial charge in [-0.15, -0.1) is 0 Å². The van der Waals surface area contributed by atoms with Gasteiger partial charge in [0.05, 0.1) is 6.04 Å². The molecular weight excluding hydrogens is 278 g/mol. The van der Waals surface area contributed by atoms with Crippen LogP contribution in [0.25, 0.3) is 0 Å². The summed E-state index contributed by atoms with van der Waals surface area (Å²) in [5.74, 6) is -1.67. The molecule has 1 amide bonds. The number of nitrogens with one attached hydrogen (secondary N) is 2. The number of benzene rings is 1. The number of piperidine rings is 1. The fourth-order valence-electron chi connectivity index (χ4n) is 2.68. The highest BCUT2D eigenvalue weighted by Gasteiger charge is 2.40. The fourth-order valence-corrected chi connectivity index (χ4v) is 2.68. The van der Waals surface area contributed by atoms with Crippen molar-refractivity contribution in [1.82, 2.24) is 10.6 Å². The van der Waals surface area contributed by atoms with Gasteiger partial charge in [0.1, 0.15) is 17.2 Å². The SMILES string of the molecule is COC1(C(=O)NC(C)c2c(F)cccc2F)CCNCC1. The summed E-state index contributed by atoms with van der Waals surface area (Å²) in [6.07, 6.45) is 1.06. The molecule has 0 bridgehead atoms. The van der Waals surface area contributed by atoms with Crippen molar-refractivity contribution in [1.29, 1.82) is 0 Å². The summed E-state index contributed by atoms with van der Waals surface area (Å²) < 4.78 is 32.9. The lowest BCUT2D eigenvalue weighted by Gasteiger charge is -2.35. The average molecular weight is 298 g/mol. The molecule has 1 heterocycles. The molecule has 116 valence electrons. The van der Waals surface area contributed by atoms with Crippen LogP contribution in [-0.4, -0.2) is 31.7 Å². The van der Waals surface area contributed by atoms with Crippen molar-refractivity contribution in [2.75, 3.05) is 20.2 Å². The van der Waals surface area contributed by atoms with Crippen LogP contribution in [0.5, 0.6) is 0 Å². The molecule has 1 saturated heterocycles. The van der Waals surface area contributed by atoms with Gasteiger partial charge in [-0.25, -0.2) is 8.78 Å². The summed E-state index contributed by atoms with van der Waals surface area (Å²) in [4.78, 5) is 12.4. The average Bonchev–Trinajstić information content (AvgIpc) is 2.47. The van der Waals surface area contributed by atoms with E-state index in [0.29, 0.717) is 25.9 Å². The molecule has 1 aliphatic rings. The molecule has 4 nitrogen and oxygen atoms in total. The van der Waals surface area contributed by atoms with Crippen molar-refractivity contribution in [3.05, 3.63) is 35.4 Å². The van der Waals surface area contributed by atoms with Gasteiger partial charge >= 0.3 is 0 Å². The van der Waals surface area contributed by atoms with Crippen LogP contribution in [0.2, 0.25) is 0 Å². The molecule has 1 unspecified atom stereocenters. The minimum absolute atomic E-state index is 0.133. The monoisotopic (exact) mass is 298 g/mol. The largest absolute Gasteiger partial charge is 0.368 e. The summed E-state index contributed by atoms with van der Waals surface area (Å²) in [5.41, 5.74) is -1.06. The smallest absolute Gasteiger partial charge is 0.252 e. The molecule has 1 atom stereocenters. The normalized spacial score (nSPS) is 19.0. The Hall–Kier alpha value is -1.53. The van der Waals surface area contributed by atoms with Crippen molar-refractivity contribution in [2.45, 2.75) is 31.4 Å². The van der Waals surface area contributed by atoms with E-state index >= 15 is 0 Å². The summed E-state index contributed by atoms with van der Waals surface area (Å²) in [5, 5.41) is 5.82. The molecule has 0 aromatic heterocycles. The second-order valence-electron chi connectivity index (χ2n) is 5.28. The van der Waals surface area contributed by atoms with Gasteiger partial charge in [0.25, 0.3) is 5.91 Å². The van der Waals surface area contributed by atoms with Crippen LogP contribution in [0.15, 0.2) is 18.2 Å². The maximum absolute atomic E-state index is 13.7. The zero-order chi connectivity index (χ0) is 15.5. The highest BCUT2D eigenvalue weighted by atomic mass is 19.1. The molecule has 0 aliphatic carbocycles. The molecular formula is C15H20F2N2O2. The predicted molar refractivity (Wildman–Crippen MR) is 74.8 cm³/mol. The summed E-state index contributed by atoms with van der Waals surface area (Å²) in [7, 11) is 1.49. The molecule has 1 aliphatic heterocycles. The van der Waals surface area contributed by atoms with Crippen LogP contribution < -0.4 is 10.6 Å². The quantitative estimate of drug-likeness (QED) is 0.893.